The number of carbonyl (C=O) groups excluding carboxylic acids is 2. The van der Waals surface area contributed by atoms with E-state index >= 15 is 0 Å². The molecule has 1 saturated heterocycles. The number of rotatable bonds is 2. The molecule has 0 spiro atoms. The summed E-state index contributed by atoms with van der Waals surface area (Å²) >= 11 is 4.97. The standard InChI is InChI=1S/C15H16N2O2S/c1-9(2)12-6-4-11(5-7-12)8-13-14(19)16-15(20)17(13)10(3)18/h4-9H,1-3H3,(H,16,19,20). The molecule has 0 atom stereocenters. The highest BCUT2D eigenvalue weighted by atomic mass is 32.1. The fraction of sp³-hybridized carbons (Fsp3) is 0.267. The summed E-state index contributed by atoms with van der Waals surface area (Å²) in [5.41, 5.74) is 2.34. The fourth-order valence-electron chi connectivity index (χ4n) is 2.01. The monoisotopic (exact) mass is 288 g/mol. The van der Waals surface area contributed by atoms with Gasteiger partial charge in [-0.3, -0.25) is 19.8 Å². The molecule has 0 radical (unpaired) electrons. The van der Waals surface area contributed by atoms with E-state index < -0.39 is 0 Å². The molecule has 1 aliphatic rings. The van der Waals surface area contributed by atoms with Gasteiger partial charge in [-0.05, 0) is 35.3 Å². The van der Waals surface area contributed by atoms with Crippen LogP contribution in [0.4, 0.5) is 0 Å². The van der Waals surface area contributed by atoms with Crippen molar-refractivity contribution in [2.24, 2.45) is 0 Å². The van der Waals surface area contributed by atoms with Crippen molar-refractivity contribution in [2.75, 3.05) is 0 Å². The molecule has 20 heavy (non-hydrogen) atoms. The summed E-state index contributed by atoms with van der Waals surface area (Å²) < 4.78 is 0. The summed E-state index contributed by atoms with van der Waals surface area (Å²) in [7, 11) is 0. The van der Waals surface area contributed by atoms with E-state index in [0.717, 1.165) is 5.56 Å². The van der Waals surface area contributed by atoms with Gasteiger partial charge < -0.3 is 0 Å². The van der Waals surface area contributed by atoms with Gasteiger partial charge >= 0.3 is 0 Å². The number of nitrogens with one attached hydrogen (secondary N) is 1. The maximum absolute atomic E-state index is 11.8. The molecule has 0 saturated carbocycles. The second-order valence-electron chi connectivity index (χ2n) is 4.96. The first-order valence-electron chi connectivity index (χ1n) is 6.38. The third kappa shape index (κ3) is 2.77. The van der Waals surface area contributed by atoms with E-state index in [9.17, 15) is 9.59 Å². The molecular formula is C15H16N2O2S. The van der Waals surface area contributed by atoms with Crippen LogP contribution in [-0.4, -0.2) is 21.8 Å². The Morgan fingerprint density at radius 1 is 1.30 bits per heavy atom. The SMILES string of the molecule is CC(=O)N1C(=S)NC(=O)C1=Cc1ccc(C(C)C)cc1. The zero-order valence-corrected chi connectivity index (χ0v) is 12.5. The van der Waals surface area contributed by atoms with Crippen LogP contribution in [0.15, 0.2) is 30.0 Å². The van der Waals surface area contributed by atoms with Gasteiger partial charge in [0.05, 0.1) is 0 Å². The Hall–Kier alpha value is -2.01. The predicted molar refractivity (Wildman–Crippen MR) is 81.8 cm³/mol. The minimum absolute atomic E-state index is 0.132. The van der Waals surface area contributed by atoms with Gasteiger partial charge in [-0.2, -0.15) is 0 Å². The van der Waals surface area contributed by atoms with Crippen molar-refractivity contribution in [3.05, 3.63) is 41.1 Å². The van der Waals surface area contributed by atoms with Crippen LogP contribution in [-0.2, 0) is 9.59 Å². The largest absolute Gasteiger partial charge is 0.297 e. The van der Waals surface area contributed by atoms with Gasteiger partial charge in [-0.15, -0.1) is 0 Å². The number of carbonyl (C=O) groups is 2. The van der Waals surface area contributed by atoms with Gasteiger partial charge in [-0.25, -0.2) is 0 Å². The second kappa shape index (κ2) is 5.54. The van der Waals surface area contributed by atoms with Crippen molar-refractivity contribution in [3.8, 4) is 0 Å². The summed E-state index contributed by atoms with van der Waals surface area (Å²) in [4.78, 5) is 24.6. The first-order valence-corrected chi connectivity index (χ1v) is 6.78. The molecule has 0 aromatic heterocycles. The van der Waals surface area contributed by atoms with Crippen molar-refractivity contribution in [1.29, 1.82) is 0 Å². The quantitative estimate of drug-likeness (QED) is 0.671. The third-order valence-electron chi connectivity index (χ3n) is 3.12. The minimum atomic E-state index is -0.349. The fourth-order valence-corrected chi connectivity index (χ4v) is 2.33. The molecule has 1 aromatic rings. The van der Waals surface area contributed by atoms with E-state index in [0.29, 0.717) is 5.92 Å². The van der Waals surface area contributed by atoms with Crippen LogP contribution in [0, 0.1) is 0 Å². The molecule has 1 aliphatic heterocycles. The van der Waals surface area contributed by atoms with Crippen molar-refractivity contribution < 1.29 is 9.59 Å². The first kappa shape index (κ1) is 14.4. The molecule has 1 heterocycles. The molecule has 4 nitrogen and oxygen atoms in total. The van der Waals surface area contributed by atoms with Crippen LogP contribution >= 0.6 is 12.2 Å². The van der Waals surface area contributed by atoms with Crippen molar-refractivity contribution in [3.63, 3.8) is 0 Å². The average molecular weight is 288 g/mol. The average Bonchev–Trinajstić information content (AvgIpc) is 2.64. The molecule has 5 heteroatoms. The molecule has 0 aliphatic carbocycles. The summed E-state index contributed by atoms with van der Waals surface area (Å²) in [6, 6.07) is 7.88. The van der Waals surface area contributed by atoms with Crippen LogP contribution in [0.1, 0.15) is 37.8 Å². The molecule has 1 fully saturated rings. The lowest BCUT2D eigenvalue weighted by molar-refractivity contribution is -0.125. The third-order valence-corrected chi connectivity index (χ3v) is 3.40. The molecule has 1 N–H and O–H groups in total. The Morgan fingerprint density at radius 2 is 1.90 bits per heavy atom. The molecule has 2 rings (SSSR count). The van der Waals surface area contributed by atoms with Gasteiger partial charge in [0.25, 0.3) is 5.91 Å². The summed E-state index contributed by atoms with van der Waals surface area (Å²) in [5, 5.41) is 2.61. The van der Waals surface area contributed by atoms with Crippen LogP contribution in [0.5, 0.6) is 0 Å². The first-order chi connectivity index (χ1) is 9.40. The summed E-state index contributed by atoms with van der Waals surface area (Å²) in [6.45, 7) is 5.61. The highest BCUT2D eigenvalue weighted by Gasteiger charge is 2.32. The van der Waals surface area contributed by atoms with Gasteiger partial charge in [0.1, 0.15) is 5.70 Å². The minimum Gasteiger partial charge on any atom is -0.297 e. The lowest BCUT2D eigenvalue weighted by Gasteiger charge is -2.12. The zero-order chi connectivity index (χ0) is 14.9. The molecule has 0 unspecified atom stereocenters. The Kier molecular flexibility index (Phi) is 3.99. The predicted octanol–water partition coefficient (Wildman–Crippen LogP) is 2.41. The number of hydrogen-bond acceptors (Lipinski definition) is 3. The normalized spacial score (nSPS) is 17.0. The van der Waals surface area contributed by atoms with Crippen LogP contribution < -0.4 is 5.32 Å². The van der Waals surface area contributed by atoms with E-state index in [1.54, 1.807) is 6.08 Å². The van der Waals surface area contributed by atoms with E-state index in [2.05, 4.69) is 19.2 Å². The zero-order valence-electron chi connectivity index (χ0n) is 11.6. The number of hydrogen-bond donors (Lipinski definition) is 1. The van der Waals surface area contributed by atoms with Crippen LogP contribution in [0.25, 0.3) is 6.08 Å². The van der Waals surface area contributed by atoms with E-state index in [-0.39, 0.29) is 22.6 Å². The molecule has 1 aromatic carbocycles. The number of benzene rings is 1. The van der Waals surface area contributed by atoms with Crippen LogP contribution in [0.2, 0.25) is 0 Å². The molecule has 104 valence electrons. The second-order valence-corrected chi connectivity index (χ2v) is 5.35. The smallest absolute Gasteiger partial charge is 0.274 e. The number of nitrogens with zero attached hydrogens (tertiary/aromatic N) is 1. The molecule has 0 bridgehead atoms. The summed E-state index contributed by atoms with van der Waals surface area (Å²) in [6.07, 6.45) is 1.67. The lowest BCUT2D eigenvalue weighted by Crippen LogP contribution is -2.31. The van der Waals surface area contributed by atoms with Gasteiger partial charge in [-0.1, -0.05) is 38.1 Å². The van der Waals surface area contributed by atoms with Crippen molar-refractivity contribution in [2.45, 2.75) is 26.7 Å². The topological polar surface area (TPSA) is 49.4 Å². The summed E-state index contributed by atoms with van der Waals surface area (Å²) in [5.74, 6) is -0.177. The highest BCUT2D eigenvalue weighted by Crippen LogP contribution is 2.19. The Balaban J connectivity index is 2.35. The van der Waals surface area contributed by atoms with Gasteiger partial charge in [0.15, 0.2) is 5.11 Å². The van der Waals surface area contributed by atoms with Crippen molar-refractivity contribution in [1.82, 2.24) is 10.2 Å². The lowest BCUT2D eigenvalue weighted by atomic mass is 10.0. The van der Waals surface area contributed by atoms with Crippen LogP contribution in [0.3, 0.4) is 0 Å². The number of thiocarbonyl (C=S) groups is 1. The van der Waals surface area contributed by atoms with E-state index in [1.165, 1.54) is 17.4 Å². The maximum atomic E-state index is 11.8. The highest BCUT2D eigenvalue weighted by molar-refractivity contribution is 7.80. The number of amides is 2. The van der Waals surface area contributed by atoms with Gasteiger partial charge in [0.2, 0.25) is 5.91 Å². The Bertz CT molecular complexity index is 603. The maximum Gasteiger partial charge on any atom is 0.274 e. The van der Waals surface area contributed by atoms with Crippen molar-refractivity contribution >= 4 is 35.2 Å². The van der Waals surface area contributed by atoms with E-state index in [1.807, 2.05) is 24.3 Å². The molecular weight excluding hydrogens is 272 g/mol. The van der Waals surface area contributed by atoms with E-state index in [4.69, 9.17) is 12.2 Å². The Morgan fingerprint density at radius 3 is 2.40 bits per heavy atom. The Labute approximate surface area is 123 Å². The van der Waals surface area contributed by atoms with Gasteiger partial charge in [0, 0.05) is 6.92 Å². The molecule has 2 amide bonds.